The van der Waals surface area contributed by atoms with Crippen LogP contribution in [-0.4, -0.2) is 5.97 Å². The van der Waals surface area contributed by atoms with Crippen molar-refractivity contribution in [3.8, 4) is 5.75 Å². The monoisotopic (exact) mass is 210 g/mol. The maximum absolute atomic E-state index is 11.7. The molecular formula is C14H10O2. The van der Waals surface area contributed by atoms with E-state index in [1.54, 1.807) is 48.5 Å². The Balaban J connectivity index is 2.14. The van der Waals surface area contributed by atoms with E-state index in [1.807, 2.05) is 6.07 Å². The minimum Gasteiger partial charge on any atom is -0.423 e. The van der Waals surface area contributed by atoms with Crippen LogP contribution >= 0.6 is 0 Å². The zero-order valence-electron chi connectivity index (χ0n) is 8.59. The Morgan fingerprint density at radius 2 is 1.75 bits per heavy atom. The molecule has 2 heteroatoms. The molecule has 0 atom stereocenters. The molecule has 0 aromatic heterocycles. The first kappa shape index (κ1) is 10.4. The second kappa shape index (κ2) is 4.62. The molecule has 2 radical (unpaired) electrons. The van der Waals surface area contributed by atoms with Crippen LogP contribution in [-0.2, 0) is 0 Å². The molecule has 0 N–H and O–H groups in total. The zero-order chi connectivity index (χ0) is 11.4. The molecular weight excluding hydrogens is 200 g/mol. The maximum atomic E-state index is 11.7. The number of benzene rings is 2. The number of hydrogen-bond acceptors (Lipinski definition) is 2. The highest BCUT2D eigenvalue weighted by atomic mass is 16.5. The standard InChI is InChI=1S/C14H10O2/c1-11-6-5-9-13(10-11)16-14(15)12-7-3-2-4-8-12/h1-10H. The van der Waals surface area contributed by atoms with Crippen molar-refractivity contribution in [3.63, 3.8) is 0 Å². The average Bonchev–Trinajstić information content (AvgIpc) is 2.30. The van der Waals surface area contributed by atoms with Gasteiger partial charge in [-0.15, -0.1) is 0 Å². The molecule has 78 valence electrons. The molecule has 0 saturated heterocycles. The maximum Gasteiger partial charge on any atom is 0.343 e. The Kier molecular flexibility index (Phi) is 3.01. The van der Waals surface area contributed by atoms with Crippen molar-refractivity contribution in [1.29, 1.82) is 0 Å². The molecule has 0 aliphatic rings. The van der Waals surface area contributed by atoms with E-state index >= 15 is 0 Å². The van der Waals surface area contributed by atoms with E-state index < -0.39 is 0 Å². The molecule has 16 heavy (non-hydrogen) atoms. The van der Waals surface area contributed by atoms with E-state index in [0.29, 0.717) is 16.9 Å². The molecule has 2 nitrogen and oxygen atoms in total. The third-order valence-electron chi connectivity index (χ3n) is 2.08. The molecule has 0 amide bonds. The molecule has 0 aliphatic heterocycles. The van der Waals surface area contributed by atoms with Gasteiger partial charge >= 0.3 is 5.97 Å². The summed E-state index contributed by atoms with van der Waals surface area (Å²) in [6.07, 6.45) is 0. The number of carbonyl (C=O) groups is 1. The summed E-state index contributed by atoms with van der Waals surface area (Å²) in [5.74, 6) is 0.0695. The SMILES string of the molecule is [CH]c1cccc(OC(=O)c2ccccc2)c1. The minimum absolute atomic E-state index is 0.383. The van der Waals surface area contributed by atoms with Gasteiger partial charge in [0.05, 0.1) is 5.56 Å². The second-order valence-corrected chi connectivity index (χ2v) is 3.33. The van der Waals surface area contributed by atoms with Crippen LogP contribution in [0.4, 0.5) is 0 Å². The average molecular weight is 210 g/mol. The molecule has 0 saturated carbocycles. The summed E-state index contributed by atoms with van der Waals surface area (Å²) in [7, 11) is 0. The smallest absolute Gasteiger partial charge is 0.343 e. The molecule has 0 aliphatic carbocycles. The first-order valence-electron chi connectivity index (χ1n) is 4.88. The molecule has 0 unspecified atom stereocenters. The molecule has 0 spiro atoms. The summed E-state index contributed by atoms with van der Waals surface area (Å²) in [4.78, 5) is 11.7. The van der Waals surface area contributed by atoms with Gasteiger partial charge < -0.3 is 4.74 Å². The van der Waals surface area contributed by atoms with Crippen LogP contribution in [0.3, 0.4) is 0 Å². The highest BCUT2D eigenvalue weighted by molar-refractivity contribution is 5.90. The van der Waals surface area contributed by atoms with Crippen LogP contribution in [0.2, 0.25) is 0 Å². The Bertz CT molecular complexity index is 489. The van der Waals surface area contributed by atoms with Crippen molar-refractivity contribution in [2.24, 2.45) is 0 Å². The number of rotatable bonds is 2. The van der Waals surface area contributed by atoms with Gasteiger partial charge in [-0.05, 0) is 36.8 Å². The predicted molar refractivity (Wildman–Crippen MR) is 61.2 cm³/mol. The second-order valence-electron chi connectivity index (χ2n) is 3.33. The minimum atomic E-state index is -0.383. The Morgan fingerprint density at radius 3 is 2.44 bits per heavy atom. The van der Waals surface area contributed by atoms with Crippen LogP contribution in [0.1, 0.15) is 15.9 Å². The van der Waals surface area contributed by atoms with Crippen LogP contribution in [0, 0.1) is 6.92 Å². The number of carbonyl (C=O) groups excluding carboxylic acids is 1. The van der Waals surface area contributed by atoms with Gasteiger partial charge in [-0.1, -0.05) is 30.3 Å². The third kappa shape index (κ3) is 2.48. The molecule has 2 aromatic rings. The van der Waals surface area contributed by atoms with Gasteiger partial charge in [0.1, 0.15) is 5.75 Å². The fourth-order valence-corrected chi connectivity index (χ4v) is 1.32. The van der Waals surface area contributed by atoms with Crippen molar-refractivity contribution in [2.45, 2.75) is 0 Å². The first-order chi connectivity index (χ1) is 7.75. The highest BCUT2D eigenvalue weighted by Gasteiger charge is 2.06. The summed E-state index contributed by atoms with van der Waals surface area (Å²) < 4.78 is 5.16. The van der Waals surface area contributed by atoms with Crippen LogP contribution < -0.4 is 4.74 Å². The van der Waals surface area contributed by atoms with Gasteiger partial charge in [-0.3, -0.25) is 0 Å². The van der Waals surface area contributed by atoms with E-state index in [1.165, 1.54) is 0 Å². The van der Waals surface area contributed by atoms with Gasteiger partial charge in [0.15, 0.2) is 0 Å². The number of ether oxygens (including phenoxy) is 1. The normalized spacial score (nSPS) is 9.81. The Hall–Kier alpha value is -2.09. The van der Waals surface area contributed by atoms with Gasteiger partial charge in [-0.2, -0.15) is 0 Å². The van der Waals surface area contributed by atoms with Gasteiger partial charge in [-0.25, -0.2) is 4.79 Å². The molecule has 0 fully saturated rings. The summed E-state index contributed by atoms with van der Waals surface area (Å²) in [5, 5.41) is 0. The number of esters is 1. The fraction of sp³-hybridized carbons (Fsp3) is 0. The van der Waals surface area contributed by atoms with Gasteiger partial charge in [0, 0.05) is 0 Å². The lowest BCUT2D eigenvalue weighted by atomic mass is 10.2. The van der Waals surface area contributed by atoms with E-state index in [9.17, 15) is 4.79 Å². The largest absolute Gasteiger partial charge is 0.423 e. The zero-order valence-corrected chi connectivity index (χ0v) is 8.59. The van der Waals surface area contributed by atoms with Crippen molar-refractivity contribution < 1.29 is 9.53 Å². The van der Waals surface area contributed by atoms with Gasteiger partial charge in [0.25, 0.3) is 0 Å². The van der Waals surface area contributed by atoms with E-state index in [2.05, 4.69) is 0 Å². The molecule has 0 bridgehead atoms. The summed E-state index contributed by atoms with van der Waals surface area (Å²) >= 11 is 0. The number of hydrogen-bond donors (Lipinski definition) is 0. The van der Waals surface area contributed by atoms with Crippen LogP contribution in [0.25, 0.3) is 0 Å². The summed E-state index contributed by atoms with van der Waals surface area (Å²) in [5.41, 5.74) is 1.09. The quantitative estimate of drug-likeness (QED) is 0.562. The molecule has 0 heterocycles. The predicted octanol–water partition coefficient (Wildman–Crippen LogP) is 2.96. The highest BCUT2D eigenvalue weighted by Crippen LogP contribution is 2.14. The van der Waals surface area contributed by atoms with Gasteiger partial charge in [0.2, 0.25) is 0 Å². The third-order valence-corrected chi connectivity index (χ3v) is 2.08. The Labute approximate surface area is 94.5 Å². The topological polar surface area (TPSA) is 26.3 Å². The summed E-state index contributed by atoms with van der Waals surface area (Å²) in [6, 6.07) is 15.6. The van der Waals surface area contributed by atoms with Crippen molar-refractivity contribution >= 4 is 5.97 Å². The lowest BCUT2D eigenvalue weighted by Crippen LogP contribution is -2.07. The van der Waals surface area contributed by atoms with E-state index in [4.69, 9.17) is 11.7 Å². The van der Waals surface area contributed by atoms with Crippen molar-refractivity contribution in [2.75, 3.05) is 0 Å². The fourth-order valence-electron chi connectivity index (χ4n) is 1.32. The molecule has 2 aromatic carbocycles. The van der Waals surface area contributed by atoms with Crippen LogP contribution in [0.5, 0.6) is 5.75 Å². The van der Waals surface area contributed by atoms with Crippen molar-refractivity contribution in [1.82, 2.24) is 0 Å². The Morgan fingerprint density at radius 1 is 1.00 bits per heavy atom. The molecule has 2 rings (SSSR count). The van der Waals surface area contributed by atoms with E-state index in [0.717, 1.165) is 0 Å². The van der Waals surface area contributed by atoms with Crippen LogP contribution in [0.15, 0.2) is 54.6 Å². The lowest BCUT2D eigenvalue weighted by molar-refractivity contribution is 0.0735. The lowest BCUT2D eigenvalue weighted by Gasteiger charge is -2.04. The van der Waals surface area contributed by atoms with Crippen molar-refractivity contribution in [3.05, 3.63) is 72.6 Å². The summed E-state index contributed by atoms with van der Waals surface area (Å²) in [6.45, 7) is 5.58. The first-order valence-corrected chi connectivity index (χ1v) is 4.88. The van der Waals surface area contributed by atoms with E-state index in [-0.39, 0.29) is 5.97 Å².